The first-order valence-corrected chi connectivity index (χ1v) is 11.2. The number of Topliss-reactive ketones (excluding diaryl/α,β-unsaturated/α-hetero) is 1. The Labute approximate surface area is 204 Å². The molecule has 0 radical (unpaired) electrons. The monoisotopic (exact) mass is 504 g/mol. The van der Waals surface area contributed by atoms with Crippen LogP contribution < -0.4 is 5.32 Å². The van der Waals surface area contributed by atoms with Crippen molar-refractivity contribution in [2.24, 2.45) is 0 Å². The molecule has 1 aliphatic rings. The normalized spacial score (nSPS) is 19.8. The summed E-state index contributed by atoms with van der Waals surface area (Å²) in [6.45, 7) is 0.623. The van der Waals surface area contributed by atoms with Gasteiger partial charge in [-0.3, -0.25) is 19.4 Å². The number of benzene rings is 1. The van der Waals surface area contributed by atoms with Gasteiger partial charge >= 0.3 is 0 Å². The van der Waals surface area contributed by atoms with Crippen molar-refractivity contribution in [3.63, 3.8) is 0 Å². The van der Waals surface area contributed by atoms with Crippen LogP contribution in [0.4, 0.5) is 8.78 Å². The van der Waals surface area contributed by atoms with Gasteiger partial charge in [0.15, 0.2) is 5.78 Å². The number of pyridine rings is 1. The second-order valence-electron chi connectivity index (χ2n) is 8.26. The molecule has 0 saturated carbocycles. The van der Waals surface area contributed by atoms with Crippen LogP contribution in [0.15, 0.2) is 42.9 Å². The summed E-state index contributed by atoms with van der Waals surface area (Å²) in [6, 6.07) is 4.79. The van der Waals surface area contributed by atoms with Gasteiger partial charge in [-0.05, 0) is 19.1 Å². The average molecular weight is 505 g/mol. The molecule has 8 nitrogen and oxygen atoms in total. The highest BCUT2D eigenvalue weighted by Crippen LogP contribution is 2.26. The van der Waals surface area contributed by atoms with E-state index < -0.39 is 35.9 Å². The molecular weight excluding hydrogens is 482 g/mol. The maximum atomic E-state index is 14.8. The zero-order valence-corrected chi connectivity index (χ0v) is 19.8. The lowest BCUT2D eigenvalue weighted by molar-refractivity contribution is -0.141. The summed E-state index contributed by atoms with van der Waals surface area (Å²) in [5.74, 6) is -2.08. The van der Waals surface area contributed by atoms with Gasteiger partial charge in [-0.2, -0.15) is 0 Å². The molecule has 3 aromatic rings. The number of fused-ring (bicyclic) bond motifs is 1. The van der Waals surface area contributed by atoms with E-state index in [1.54, 1.807) is 29.1 Å². The second-order valence-corrected chi connectivity index (χ2v) is 8.66. The predicted molar refractivity (Wildman–Crippen MR) is 124 cm³/mol. The molecule has 2 aromatic heterocycles. The number of carbonyl (C=O) groups excluding carboxylic acids is 3. The fourth-order valence-electron chi connectivity index (χ4n) is 4.36. The van der Waals surface area contributed by atoms with E-state index in [-0.39, 0.29) is 36.0 Å². The number of amides is 2. The lowest BCUT2D eigenvalue weighted by Crippen LogP contribution is -2.51. The standard InChI is InChI=1S/C24H23ClF2N4O4/c1-13(32)16-10-30(19-9-28-7-6-15(16)19)12-20(33)31-11-18(26)23(35-2)22(31)24(34)29-8-14-4-3-5-17(25)21(14)27/h3-7,9-10,18,22-23H,8,11-12H2,1-2H3,(H,29,34)/t18-,22-,23+/m0/s1. The van der Waals surface area contributed by atoms with Gasteiger partial charge in [0.25, 0.3) is 0 Å². The van der Waals surface area contributed by atoms with Crippen molar-refractivity contribution in [1.82, 2.24) is 19.8 Å². The van der Waals surface area contributed by atoms with E-state index in [9.17, 15) is 23.2 Å². The van der Waals surface area contributed by atoms with Crippen molar-refractivity contribution < 1.29 is 27.9 Å². The molecule has 0 bridgehead atoms. The molecule has 1 saturated heterocycles. The number of carbonyl (C=O) groups is 3. The summed E-state index contributed by atoms with van der Waals surface area (Å²) in [7, 11) is 1.26. The number of likely N-dealkylation sites (tertiary alicyclic amines) is 1. The summed E-state index contributed by atoms with van der Waals surface area (Å²) in [5.41, 5.74) is 1.13. The van der Waals surface area contributed by atoms with Gasteiger partial charge in [0.1, 0.15) is 30.7 Å². The van der Waals surface area contributed by atoms with Crippen LogP contribution in [0.1, 0.15) is 22.8 Å². The van der Waals surface area contributed by atoms with Crippen LogP contribution in [-0.2, 0) is 27.4 Å². The molecule has 1 N–H and O–H groups in total. The highest BCUT2D eigenvalue weighted by atomic mass is 35.5. The molecule has 0 aliphatic carbocycles. The van der Waals surface area contributed by atoms with E-state index >= 15 is 0 Å². The Morgan fingerprint density at radius 2 is 2.06 bits per heavy atom. The minimum Gasteiger partial charge on any atom is -0.376 e. The first-order chi connectivity index (χ1) is 16.7. The van der Waals surface area contributed by atoms with E-state index in [1.807, 2.05) is 0 Å². The molecule has 1 aliphatic heterocycles. The van der Waals surface area contributed by atoms with Gasteiger partial charge in [-0.15, -0.1) is 0 Å². The van der Waals surface area contributed by atoms with Crippen LogP contribution in [0.25, 0.3) is 10.9 Å². The van der Waals surface area contributed by atoms with E-state index in [2.05, 4.69) is 10.3 Å². The van der Waals surface area contributed by atoms with Crippen LogP contribution in [0.3, 0.4) is 0 Å². The minimum absolute atomic E-state index is 0.0913. The van der Waals surface area contributed by atoms with Gasteiger partial charge in [0, 0.05) is 42.6 Å². The Bertz CT molecular complexity index is 1300. The summed E-state index contributed by atoms with van der Waals surface area (Å²) in [4.78, 5) is 43.5. The van der Waals surface area contributed by atoms with Gasteiger partial charge in [-0.25, -0.2) is 8.78 Å². The molecule has 2 amide bonds. The third-order valence-electron chi connectivity index (χ3n) is 6.09. The van der Waals surface area contributed by atoms with Crippen LogP contribution in [0, 0.1) is 5.82 Å². The lowest BCUT2D eigenvalue weighted by Gasteiger charge is -2.26. The van der Waals surface area contributed by atoms with E-state index in [0.29, 0.717) is 16.5 Å². The number of hydrogen-bond acceptors (Lipinski definition) is 5. The average Bonchev–Trinajstić information content (AvgIpc) is 3.37. The Kier molecular flexibility index (Phi) is 7.13. The Balaban J connectivity index is 1.56. The molecule has 3 heterocycles. The summed E-state index contributed by atoms with van der Waals surface area (Å²) in [6.07, 6.45) is 1.82. The van der Waals surface area contributed by atoms with Gasteiger partial charge in [0.05, 0.1) is 23.3 Å². The molecule has 1 fully saturated rings. The molecule has 4 rings (SSSR count). The van der Waals surface area contributed by atoms with Crippen molar-refractivity contribution in [3.05, 3.63) is 64.8 Å². The number of ketones is 1. The van der Waals surface area contributed by atoms with Crippen molar-refractivity contribution in [1.29, 1.82) is 0 Å². The SMILES string of the molecule is CO[C@H]1[C@@H](C(=O)NCc2cccc(Cl)c2F)N(C(=O)Cn2cc(C(C)=O)c3ccncc32)C[C@@H]1F. The van der Waals surface area contributed by atoms with Crippen molar-refractivity contribution in [2.45, 2.75) is 38.3 Å². The fraction of sp³-hybridized carbons (Fsp3) is 0.333. The topological polar surface area (TPSA) is 93.5 Å². The molecule has 0 spiro atoms. The predicted octanol–water partition coefficient (Wildman–Crippen LogP) is 2.91. The first-order valence-electron chi connectivity index (χ1n) is 10.8. The number of halogens is 3. The van der Waals surface area contributed by atoms with Crippen molar-refractivity contribution in [2.75, 3.05) is 13.7 Å². The molecule has 11 heteroatoms. The lowest BCUT2D eigenvalue weighted by atomic mass is 10.1. The van der Waals surface area contributed by atoms with Crippen LogP contribution in [0.5, 0.6) is 0 Å². The van der Waals surface area contributed by atoms with Gasteiger partial charge in [0.2, 0.25) is 11.8 Å². The van der Waals surface area contributed by atoms with Crippen LogP contribution in [-0.4, -0.2) is 64.0 Å². The van der Waals surface area contributed by atoms with E-state index in [0.717, 1.165) is 4.90 Å². The molecular formula is C24H23ClF2N4O4. The zero-order valence-electron chi connectivity index (χ0n) is 19.0. The molecule has 3 atom stereocenters. The van der Waals surface area contributed by atoms with Crippen molar-refractivity contribution >= 4 is 40.1 Å². The number of rotatable bonds is 7. The molecule has 0 unspecified atom stereocenters. The van der Waals surface area contributed by atoms with Gasteiger partial charge in [-0.1, -0.05) is 23.7 Å². The van der Waals surface area contributed by atoms with Crippen LogP contribution >= 0.6 is 11.6 Å². The maximum absolute atomic E-state index is 14.8. The largest absolute Gasteiger partial charge is 0.376 e. The maximum Gasteiger partial charge on any atom is 0.245 e. The van der Waals surface area contributed by atoms with Crippen LogP contribution in [0.2, 0.25) is 5.02 Å². The number of alkyl halides is 1. The van der Waals surface area contributed by atoms with Gasteiger partial charge < -0.3 is 19.5 Å². The number of ether oxygens (including phenoxy) is 1. The molecule has 1 aromatic carbocycles. The number of hydrogen-bond donors (Lipinski definition) is 1. The summed E-state index contributed by atoms with van der Waals surface area (Å²) >= 11 is 5.79. The summed E-state index contributed by atoms with van der Waals surface area (Å²) < 4.78 is 35.7. The number of aromatic nitrogens is 2. The number of methoxy groups -OCH3 is 1. The summed E-state index contributed by atoms with van der Waals surface area (Å²) in [5, 5.41) is 3.10. The third kappa shape index (κ3) is 4.76. The highest BCUT2D eigenvalue weighted by molar-refractivity contribution is 6.30. The fourth-order valence-corrected chi connectivity index (χ4v) is 4.56. The minimum atomic E-state index is -1.60. The third-order valence-corrected chi connectivity index (χ3v) is 6.38. The van der Waals surface area contributed by atoms with E-state index in [1.165, 1.54) is 32.4 Å². The second kappa shape index (κ2) is 10.1. The van der Waals surface area contributed by atoms with E-state index in [4.69, 9.17) is 16.3 Å². The highest BCUT2D eigenvalue weighted by Gasteiger charge is 2.48. The Morgan fingerprint density at radius 3 is 2.77 bits per heavy atom. The first kappa shape index (κ1) is 24.7. The smallest absolute Gasteiger partial charge is 0.245 e. The Hall–Kier alpha value is -3.37. The molecule has 184 valence electrons. The zero-order chi connectivity index (χ0) is 25.3. The number of nitrogens with zero attached hydrogens (tertiary/aromatic N) is 3. The molecule has 35 heavy (non-hydrogen) atoms. The quantitative estimate of drug-likeness (QED) is 0.499. The Morgan fingerprint density at radius 1 is 1.29 bits per heavy atom. The number of nitrogens with one attached hydrogen (secondary N) is 1. The van der Waals surface area contributed by atoms with Crippen molar-refractivity contribution in [3.8, 4) is 0 Å².